The molecule has 2 heterocycles. The van der Waals surface area contributed by atoms with Gasteiger partial charge in [0.25, 0.3) is 0 Å². The highest BCUT2D eigenvalue weighted by atomic mass is 19.4. The summed E-state index contributed by atoms with van der Waals surface area (Å²) < 4.78 is 40.3. The molecule has 1 N–H and O–H groups in total. The number of nitrogens with zero attached hydrogens (tertiary/aromatic N) is 3. The minimum absolute atomic E-state index is 0.00295. The van der Waals surface area contributed by atoms with Gasteiger partial charge in [-0.15, -0.1) is 0 Å². The number of aryl methyl sites for hydroxylation is 1. The molecule has 1 aromatic carbocycles. The predicted octanol–water partition coefficient (Wildman–Crippen LogP) is 3.39. The van der Waals surface area contributed by atoms with Gasteiger partial charge in [-0.2, -0.15) is 18.3 Å². The molecule has 6 nitrogen and oxygen atoms in total. The first-order valence-electron chi connectivity index (χ1n) is 8.91. The van der Waals surface area contributed by atoms with E-state index in [0.29, 0.717) is 12.2 Å². The number of likely N-dealkylation sites (tertiary alicyclic amines) is 1. The molecule has 3 rings (SSSR count). The van der Waals surface area contributed by atoms with Crippen molar-refractivity contribution in [2.75, 3.05) is 11.9 Å². The monoisotopic (exact) mass is 394 g/mol. The zero-order valence-corrected chi connectivity index (χ0v) is 15.7. The second-order valence-electron chi connectivity index (χ2n) is 7.16. The van der Waals surface area contributed by atoms with Gasteiger partial charge in [-0.25, -0.2) is 4.68 Å². The number of anilines is 1. The summed E-state index contributed by atoms with van der Waals surface area (Å²) >= 11 is 0. The Kier molecular flexibility index (Phi) is 5.18. The molecule has 0 radical (unpaired) electrons. The van der Waals surface area contributed by atoms with E-state index in [0.717, 1.165) is 12.1 Å². The van der Waals surface area contributed by atoms with Crippen LogP contribution in [0.2, 0.25) is 0 Å². The summed E-state index contributed by atoms with van der Waals surface area (Å²) in [4.78, 5) is 26.3. The maximum Gasteiger partial charge on any atom is 0.416 e. The van der Waals surface area contributed by atoms with Gasteiger partial charge in [0, 0.05) is 25.1 Å². The Balaban J connectivity index is 1.84. The number of rotatable bonds is 4. The van der Waals surface area contributed by atoms with Crippen LogP contribution in [-0.2, 0) is 15.8 Å². The molecule has 1 atom stereocenters. The summed E-state index contributed by atoms with van der Waals surface area (Å²) in [6, 6.07) is 6.30. The van der Waals surface area contributed by atoms with Crippen molar-refractivity contribution in [3.05, 3.63) is 41.6 Å². The molecule has 0 spiro atoms. The van der Waals surface area contributed by atoms with Crippen LogP contribution >= 0.6 is 0 Å². The van der Waals surface area contributed by atoms with Crippen LogP contribution in [0.5, 0.6) is 0 Å². The van der Waals surface area contributed by atoms with Gasteiger partial charge in [0.2, 0.25) is 11.8 Å². The second-order valence-corrected chi connectivity index (χ2v) is 7.16. The third-order valence-electron chi connectivity index (χ3n) is 4.65. The van der Waals surface area contributed by atoms with E-state index >= 15 is 0 Å². The fourth-order valence-electron chi connectivity index (χ4n) is 3.23. The van der Waals surface area contributed by atoms with Crippen molar-refractivity contribution in [3.8, 4) is 5.69 Å². The molecule has 1 saturated heterocycles. The number of nitrogens with one attached hydrogen (secondary N) is 1. The molecule has 150 valence electrons. The summed E-state index contributed by atoms with van der Waals surface area (Å²) in [7, 11) is 0. The molecule has 28 heavy (non-hydrogen) atoms. The molecule has 1 fully saturated rings. The number of hydrogen-bond acceptors (Lipinski definition) is 3. The van der Waals surface area contributed by atoms with Crippen LogP contribution < -0.4 is 5.32 Å². The lowest BCUT2D eigenvalue weighted by Crippen LogP contribution is -2.33. The largest absolute Gasteiger partial charge is 0.416 e. The number of alkyl halides is 3. The molecule has 0 aliphatic carbocycles. The first-order valence-corrected chi connectivity index (χ1v) is 8.91. The second kappa shape index (κ2) is 7.29. The van der Waals surface area contributed by atoms with Crippen LogP contribution in [0.15, 0.2) is 30.3 Å². The number of amides is 2. The van der Waals surface area contributed by atoms with Gasteiger partial charge >= 0.3 is 6.18 Å². The Bertz CT molecular complexity index is 905. The number of aromatic nitrogens is 2. The van der Waals surface area contributed by atoms with Gasteiger partial charge in [-0.3, -0.25) is 9.59 Å². The minimum Gasteiger partial charge on any atom is -0.339 e. The molecule has 0 saturated carbocycles. The Morgan fingerprint density at radius 3 is 2.61 bits per heavy atom. The molecule has 2 amide bonds. The Hall–Kier alpha value is -2.84. The summed E-state index contributed by atoms with van der Waals surface area (Å²) in [5.41, 5.74) is -0.0760. The molecule has 1 aliphatic rings. The highest BCUT2D eigenvalue weighted by molar-refractivity contribution is 5.97. The van der Waals surface area contributed by atoms with Crippen LogP contribution in [0.25, 0.3) is 5.69 Å². The molecule has 1 aliphatic heterocycles. The van der Waals surface area contributed by atoms with Crippen LogP contribution in [0.3, 0.4) is 0 Å². The van der Waals surface area contributed by atoms with Crippen LogP contribution in [0, 0.1) is 12.8 Å². The lowest BCUT2D eigenvalue weighted by Gasteiger charge is -2.20. The van der Waals surface area contributed by atoms with E-state index in [1.807, 2.05) is 13.8 Å². The summed E-state index contributed by atoms with van der Waals surface area (Å²) in [5, 5.41) is 6.91. The topological polar surface area (TPSA) is 67.2 Å². The van der Waals surface area contributed by atoms with Crippen molar-refractivity contribution >= 4 is 17.6 Å². The standard InChI is InChI=1S/C19H21F3N4O2/c1-11(2)25-10-13(8-17(25)27)18(28)23-16-7-12(3)24-26(16)15-6-4-5-14(9-15)19(20,21)22/h4-7,9,11,13H,8,10H2,1-3H3,(H,23,28). The molecule has 1 aromatic heterocycles. The Labute approximate surface area is 160 Å². The van der Waals surface area contributed by atoms with Crippen LogP contribution in [0.4, 0.5) is 19.0 Å². The minimum atomic E-state index is -4.48. The Morgan fingerprint density at radius 2 is 2.00 bits per heavy atom. The van der Waals surface area contributed by atoms with Crippen LogP contribution in [-0.4, -0.2) is 39.1 Å². The third-order valence-corrected chi connectivity index (χ3v) is 4.65. The quantitative estimate of drug-likeness (QED) is 0.864. The molecule has 0 bridgehead atoms. The van der Waals surface area contributed by atoms with E-state index in [1.54, 1.807) is 17.9 Å². The van der Waals surface area contributed by atoms with Gasteiger partial charge in [-0.1, -0.05) is 6.07 Å². The molecule has 1 unspecified atom stereocenters. The van der Waals surface area contributed by atoms with E-state index in [4.69, 9.17) is 0 Å². The molecule has 9 heteroatoms. The van der Waals surface area contributed by atoms with Gasteiger partial charge in [-0.05, 0) is 39.0 Å². The summed E-state index contributed by atoms with van der Waals surface area (Å²) in [5.74, 6) is -0.695. The predicted molar refractivity (Wildman–Crippen MR) is 96.9 cm³/mol. The number of benzene rings is 1. The van der Waals surface area contributed by atoms with E-state index in [-0.39, 0.29) is 35.8 Å². The Morgan fingerprint density at radius 1 is 1.29 bits per heavy atom. The number of carbonyl (C=O) groups excluding carboxylic acids is 2. The van der Waals surface area contributed by atoms with Crippen molar-refractivity contribution in [1.82, 2.24) is 14.7 Å². The zero-order chi connectivity index (χ0) is 20.6. The SMILES string of the molecule is Cc1cc(NC(=O)C2CC(=O)N(C(C)C)C2)n(-c2cccc(C(F)(F)F)c2)n1. The maximum absolute atomic E-state index is 13.0. The van der Waals surface area contributed by atoms with Crippen molar-refractivity contribution in [2.24, 2.45) is 5.92 Å². The van der Waals surface area contributed by atoms with Crippen molar-refractivity contribution in [3.63, 3.8) is 0 Å². The molecule has 2 aromatic rings. The number of hydrogen-bond donors (Lipinski definition) is 1. The highest BCUT2D eigenvalue weighted by Gasteiger charge is 2.36. The summed E-state index contributed by atoms with van der Waals surface area (Å²) in [6.45, 7) is 5.76. The first-order chi connectivity index (χ1) is 13.1. The lowest BCUT2D eigenvalue weighted by atomic mass is 10.1. The van der Waals surface area contributed by atoms with Gasteiger partial charge in [0.15, 0.2) is 0 Å². The van der Waals surface area contributed by atoms with Gasteiger partial charge in [0.1, 0.15) is 5.82 Å². The fourth-order valence-corrected chi connectivity index (χ4v) is 3.23. The fraction of sp³-hybridized carbons (Fsp3) is 0.421. The normalized spacial score (nSPS) is 17.5. The van der Waals surface area contributed by atoms with Gasteiger partial charge < -0.3 is 10.2 Å². The third kappa shape index (κ3) is 4.02. The van der Waals surface area contributed by atoms with Crippen molar-refractivity contribution in [1.29, 1.82) is 0 Å². The van der Waals surface area contributed by atoms with E-state index in [9.17, 15) is 22.8 Å². The molecular weight excluding hydrogens is 373 g/mol. The zero-order valence-electron chi connectivity index (χ0n) is 15.7. The number of halogens is 3. The number of carbonyl (C=O) groups is 2. The molecular formula is C19H21F3N4O2. The van der Waals surface area contributed by atoms with E-state index < -0.39 is 17.7 Å². The summed E-state index contributed by atoms with van der Waals surface area (Å²) in [6.07, 6.45) is -4.37. The van der Waals surface area contributed by atoms with Crippen LogP contribution in [0.1, 0.15) is 31.5 Å². The lowest BCUT2D eigenvalue weighted by molar-refractivity contribution is -0.137. The maximum atomic E-state index is 13.0. The first kappa shape index (κ1) is 19.9. The smallest absolute Gasteiger partial charge is 0.339 e. The van der Waals surface area contributed by atoms with Gasteiger partial charge in [0.05, 0.1) is 22.9 Å². The van der Waals surface area contributed by atoms with E-state index in [2.05, 4.69) is 10.4 Å². The van der Waals surface area contributed by atoms with E-state index in [1.165, 1.54) is 16.8 Å². The van der Waals surface area contributed by atoms with Crippen molar-refractivity contribution < 1.29 is 22.8 Å². The average Bonchev–Trinajstić information content (AvgIpc) is 3.17. The highest BCUT2D eigenvalue weighted by Crippen LogP contribution is 2.31. The average molecular weight is 394 g/mol. The van der Waals surface area contributed by atoms with Crippen molar-refractivity contribution in [2.45, 2.75) is 39.4 Å².